The fraction of sp³-hybridized carbons (Fsp3) is 0.185. The summed E-state index contributed by atoms with van der Waals surface area (Å²) in [4.78, 5) is 2.66. The molecule has 1 nitrogen and oxygen atoms in total. The maximum atomic E-state index is 2.66. The second kappa shape index (κ2) is 12.6. The van der Waals surface area contributed by atoms with E-state index < -0.39 is 0 Å². The van der Waals surface area contributed by atoms with Gasteiger partial charge in [-0.3, -0.25) is 0 Å². The van der Waals surface area contributed by atoms with E-state index in [1.54, 1.807) is 0 Å². The van der Waals surface area contributed by atoms with Crippen molar-refractivity contribution in [2.24, 2.45) is 5.92 Å². The zero-order valence-electron chi connectivity index (χ0n) is 32.5. The number of fused-ring (bicyclic) bond motifs is 12. The van der Waals surface area contributed by atoms with Crippen LogP contribution < -0.4 is 4.90 Å². The third kappa shape index (κ3) is 4.78. The lowest BCUT2D eigenvalue weighted by atomic mass is 9.67. The Morgan fingerprint density at radius 1 is 0.636 bits per heavy atom. The van der Waals surface area contributed by atoms with Crippen molar-refractivity contribution < 1.29 is 0 Å². The molecule has 4 aliphatic carbocycles. The van der Waals surface area contributed by atoms with Gasteiger partial charge in [-0.25, -0.2) is 0 Å². The topological polar surface area (TPSA) is 3.24 Å². The van der Waals surface area contributed by atoms with Crippen molar-refractivity contribution in [2.45, 2.75) is 57.9 Å². The zero-order chi connectivity index (χ0) is 37.5. The summed E-state index contributed by atoms with van der Waals surface area (Å²) in [5, 5.41) is 0. The summed E-state index contributed by atoms with van der Waals surface area (Å²) in [5.74, 6) is 0.411. The van der Waals surface area contributed by atoms with Gasteiger partial charge in [0, 0.05) is 22.4 Å². The maximum Gasteiger partial charge on any atom is 0.0689 e. The minimum atomic E-state index is -0.345. The SMILES string of the molecule is C/C=C\C(=C/C(C)C)c1ccccc1N(c1ccc2c(c1)C(C)(C)c1ccccc1-2)C1C=CC2=C(C1)C1(c3ccccc32)c2ccccc2-c2ccccc21. The molecule has 0 saturated carbocycles. The van der Waals surface area contributed by atoms with Gasteiger partial charge in [-0.1, -0.05) is 179 Å². The molecule has 6 aromatic rings. The smallest absolute Gasteiger partial charge is 0.0689 e. The van der Waals surface area contributed by atoms with E-state index in [4.69, 9.17) is 0 Å². The highest BCUT2D eigenvalue weighted by atomic mass is 15.2. The molecular weight excluding hydrogens is 663 g/mol. The molecule has 0 heterocycles. The molecule has 268 valence electrons. The summed E-state index contributed by atoms with van der Waals surface area (Å²) in [6, 6.07) is 52.9. The minimum Gasteiger partial charge on any atom is -0.334 e. The predicted molar refractivity (Wildman–Crippen MR) is 233 cm³/mol. The molecule has 1 unspecified atom stereocenters. The van der Waals surface area contributed by atoms with Crippen LogP contribution in [0.1, 0.15) is 80.0 Å². The largest absolute Gasteiger partial charge is 0.334 e. The number of nitrogens with zero attached hydrogens (tertiary/aromatic N) is 1. The Morgan fingerprint density at radius 3 is 1.84 bits per heavy atom. The van der Waals surface area contributed by atoms with Gasteiger partial charge in [0.25, 0.3) is 0 Å². The van der Waals surface area contributed by atoms with Crippen molar-refractivity contribution in [1.82, 2.24) is 0 Å². The Labute approximate surface area is 326 Å². The first-order valence-electron chi connectivity index (χ1n) is 20.0. The monoisotopic (exact) mass is 709 g/mol. The van der Waals surface area contributed by atoms with Crippen LogP contribution in [0.15, 0.2) is 175 Å². The molecule has 4 aliphatic rings. The van der Waals surface area contributed by atoms with Gasteiger partial charge in [0.15, 0.2) is 0 Å². The van der Waals surface area contributed by atoms with Crippen LogP contribution in [0, 0.1) is 5.92 Å². The molecule has 1 heteroatoms. The van der Waals surface area contributed by atoms with Crippen LogP contribution in [0.3, 0.4) is 0 Å². The lowest BCUT2D eigenvalue weighted by Crippen LogP contribution is -2.36. The Bertz CT molecular complexity index is 2610. The molecule has 6 aromatic carbocycles. The quantitative estimate of drug-likeness (QED) is 0.156. The van der Waals surface area contributed by atoms with E-state index in [-0.39, 0.29) is 16.9 Å². The second-order valence-corrected chi connectivity index (χ2v) is 16.6. The Balaban J connectivity index is 1.20. The highest BCUT2D eigenvalue weighted by Gasteiger charge is 2.53. The van der Waals surface area contributed by atoms with Crippen molar-refractivity contribution in [3.05, 3.63) is 214 Å². The van der Waals surface area contributed by atoms with Gasteiger partial charge < -0.3 is 4.90 Å². The number of anilines is 2. The molecule has 0 amide bonds. The lowest BCUT2D eigenvalue weighted by molar-refractivity contribution is 0.654. The number of benzene rings is 6. The van der Waals surface area contributed by atoms with Crippen molar-refractivity contribution in [3.8, 4) is 22.3 Å². The first kappa shape index (κ1) is 33.6. The van der Waals surface area contributed by atoms with Gasteiger partial charge in [0.1, 0.15) is 0 Å². The summed E-state index contributed by atoms with van der Waals surface area (Å²) in [5.41, 5.74) is 21.2. The minimum absolute atomic E-state index is 0.0712. The van der Waals surface area contributed by atoms with Crippen molar-refractivity contribution in [1.29, 1.82) is 0 Å². The summed E-state index contributed by atoms with van der Waals surface area (Å²) in [6.45, 7) is 11.5. The van der Waals surface area contributed by atoms with E-state index in [2.05, 4.69) is 209 Å². The third-order valence-corrected chi connectivity index (χ3v) is 12.8. The Morgan fingerprint density at radius 2 is 1.18 bits per heavy atom. The fourth-order valence-corrected chi connectivity index (χ4v) is 10.6. The molecule has 10 rings (SSSR count). The van der Waals surface area contributed by atoms with Gasteiger partial charge in [0.2, 0.25) is 0 Å². The van der Waals surface area contributed by atoms with E-state index in [0.29, 0.717) is 5.92 Å². The lowest BCUT2D eigenvalue weighted by Gasteiger charge is -2.40. The summed E-state index contributed by atoms with van der Waals surface area (Å²) in [6.07, 6.45) is 12.7. The predicted octanol–water partition coefficient (Wildman–Crippen LogP) is 13.9. The normalized spacial score (nSPS) is 18.0. The number of para-hydroxylation sites is 1. The second-order valence-electron chi connectivity index (χ2n) is 16.6. The Hall–Kier alpha value is -5.92. The summed E-state index contributed by atoms with van der Waals surface area (Å²) in [7, 11) is 0. The zero-order valence-corrected chi connectivity index (χ0v) is 32.5. The van der Waals surface area contributed by atoms with E-state index in [0.717, 1.165) is 6.42 Å². The molecule has 1 atom stereocenters. The molecule has 0 radical (unpaired) electrons. The molecular formula is C54H47N. The van der Waals surface area contributed by atoms with Crippen LogP contribution >= 0.6 is 0 Å². The number of rotatable bonds is 6. The van der Waals surface area contributed by atoms with Crippen LogP contribution in [0.25, 0.3) is 33.4 Å². The first-order valence-corrected chi connectivity index (χ1v) is 20.0. The van der Waals surface area contributed by atoms with Gasteiger partial charge in [-0.2, -0.15) is 0 Å². The molecule has 0 bridgehead atoms. The van der Waals surface area contributed by atoms with Gasteiger partial charge in [-0.05, 0) is 110 Å². The maximum absolute atomic E-state index is 2.66. The van der Waals surface area contributed by atoms with Crippen molar-refractivity contribution in [3.63, 3.8) is 0 Å². The molecule has 0 saturated heterocycles. The van der Waals surface area contributed by atoms with Crippen LogP contribution in [-0.4, -0.2) is 6.04 Å². The van der Waals surface area contributed by atoms with E-state index in [1.165, 1.54) is 89.3 Å². The van der Waals surface area contributed by atoms with Gasteiger partial charge in [-0.15, -0.1) is 0 Å². The van der Waals surface area contributed by atoms with Gasteiger partial charge in [0.05, 0.1) is 11.5 Å². The average Bonchev–Trinajstić information content (AvgIpc) is 3.76. The van der Waals surface area contributed by atoms with E-state index in [9.17, 15) is 0 Å². The Kier molecular flexibility index (Phi) is 7.69. The first-order chi connectivity index (χ1) is 26.8. The van der Waals surface area contributed by atoms with Crippen LogP contribution in [-0.2, 0) is 10.8 Å². The van der Waals surface area contributed by atoms with Gasteiger partial charge >= 0.3 is 0 Å². The molecule has 55 heavy (non-hydrogen) atoms. The summed E-state index contributed by atoms with van der Waals surface area (Å²) >= 11 is 0. The highest BCUT2D eigenvalue weighted by Crippen LogP contribution is 2.64. The number of hydrogen-bond donors (Lipinski definition) is 0. The molecule has 0 aliphatic heterocycles. The van der Waals surface area contributed by atoms with Crippen molar-refractivity contribution >= 4 is 22.5 Å². The van der Waals surface area contributed by atoms with Crippen LogP contribution in [0.5, 0.6) is 0 Å². The number of hydrogen-bond acceptors (Lipinski definition) is 1. The molecule has 1 spiro atoms. The van der Waals surface area contributed by atoms with E-state index in [1.807, 2.05) is 0 Å². The molecule has 0 fully saturated rings. The molecule has 0 aromatic heterocycles. The van der Waals surface area contributed by atoms with Crippen LogP contribution in [0.2, 0.25) is 0 Å². The van der Waals surface area contributed by atoms with E-state index >= 15 is 0 Å². The van der Waals surface area contributed by atoms with Crippen molar-refractivity contribution in [2.75, 3.05) is 4.90 Å². The fourth-order valence-electron chi connectivity index (χ4n) is 10.6. The standard InChI is InChI=1S/C54H47N/c1-6-17-36(32-35(2)3)39-18-11-16-27-52(39)55(37-28-30-44-40-19-7-12-23-46(40)53(4,5)50(44)33-37)38-29-31-45-43-22-10-15-26-49(43)54(51(45)34-38)47-24-13-8-20-41(47)42-21-9-14-25-48(42)54/h6-33,35,38H,34H2,1-5H3/b17-6-,36-32+. The third-order valence-electron chi connectivity index (χ3n) is 12.8. The molecule has 0 N–H and O–H groups in total. The summed E-state index contributed by atoms with van der Waals surface area (Å²) < 4.78 is 0. The highest BCUT2D eigenvalue weighted by molar-refractivity contribution is 5.98. The number of allylic oxidation sites excluding steroid dienone is 6. The van der Waals surface area contributed by atoms with Crippen LogP contribution in [0.4, 0.5) is 11.4 Å². The average molecular weight is 710 g/mol.